The first-order valence-corrected chi connectivity index (χ1v) is 8.23. The highest BCUT2D eigenvalue weighted by Gasteiger charge is 2.34. The average Bonchev–Trinajstić information content (AvgIpc) is 2.57. The lowest BCUT2D eigenvalue weighted by Gasteiger charge is -2.38. The molecule has 1 N–H and O–H groups in total. The zero-order valence-electron chi connectivity index (χ0n) is 14.1. The maximum absolute atomic E-state index is 12.5. The van der Waals surface area contributed by atoms with Crippen molar-refractivity contribution in [2.45, 2.75) is 12.3 Å². The van der Waals surface area contributed by atoms with Crippen molar-refractivity contribution < 1.29 is 27.4 Å². The number of likely N-dealkylation sites (tertiary alicyclic amines) is 1. The summed E-state index contributed by atoms with van der Waals surface area (Å²) in [6.07, 6.45) is -4.08. The number of aromatic nitrogens is 1. The van der Waals surface area contributed by atoms with Gasteiger partial charge in [0.05, 0.1) is 31.5 Å². The van der Waals surface area contributed by atoms with E-state index in [9.17, 15) is 18.0 Å². The number of halogens is 4. The molecule has 1 fully saturated rings. The molecule has 10 heteroatoms. The molecular weight excluding hydrogens is 387 g/mol. The van der Waals surface area contributed by atoms with Gasteiger partial charge in [0.25, 0.3) is 0 Å². The number of pyridine rings is 1. The Hall–Kier alpha value is -2.68. The zero-order valence-corrected chi connectivity index (χ0v) is 14.8. The molecular formula is C17H15ClF3N3O3. The minimum absolute atomic E-state index is 0.0737. The minimum Gasteiger partial charge on any atom is -0.495 e. The van der Waals surface area contributed by atoms with E-state index in [1.807, 2.05) is 0 Å². The second-order valence-corrected chi connectivity index (χ2v) is 6.24. The van der Waals surface area contributed by atoms with Gasteiger partial charge in [-0.3, -0.25) is 0 Å². The van der Waals surface area contributed by atoms with E-state index in [1.165, 1.54) is 12.0 Å². The summed E-state index contributed by atoms with van der Waals surface area (Å²) >= 11 is 5.92. The van der Waals surface area contributed by atoms with Crippen molar-refractivity contribution in [1.29, 1.82) is 0 Å². The van der Waals surface area contributed by atoms with Crippen LogP contribution in [0.1, 0.15) is 5.56 Å². The van der Waals surface area contributed by atoms with Crippen LogP contribution >= 0.6 is 11.6 Å². The first kappa shape index (κ1) is 19.1. The maximum atomic E-state index is 12.5. The van der Waals surface area contributed by atoms with Gasteiger partial charge >= 0.3 is 12.2 Å². The topological polar surface area (TPSA) is 63.7 Å². The summed E-state index contributed by atoms with van der Waals surface area (Å²) in [5, 5.41) is 3.14. The van der Waals surface area contributed by atoms with Crippen molar-refractivity contribution in [2.24, 2.45) is 0 Å². The molecule has 0 atom stereocenters. The van der Waals surface area contributed by atoms with Crippen LogP contribution in [0.2, 0.25) is 5.02 Å². The van der Waals surface area contributed by atoms with Gasteiger partial charge in [0.1, 0.15) is 11.9 Å². The number of anilines is 1. The third-order valence-corrected chi connectivity index (χ3v) is 4.12. The van der Waals surface area contributed by atoms with Crippen LogP contribution in [0.3, 0.4) is 0 Å². The van der Waals surface area contributed by atoms with Crippen molar-refractivity contribution >= 4 is 23.3 Å². The Labute approximate surface area is 157 Å². The Morgan fingerprint density at radius 2 is 2.04 bits per heavy atom. The van der Waals surface area contributed by atoms with E-state index in [-0.39, 0.29) is 31.1 Å². The van der Waals surface area contributed by atoms with E-state index in [0.717, 1.165) is 12.1 Å². The molecule has 1 aliphatic rings. The number of methoxy groups -OCH3 is 1. The molecule has 1 aliphatic heterocycles. The zero-order chi connectivity index (χ0) is 19.6. The van der Waals surface area contributed by atoms with Gasteiger partial charge in [-0.2, -0.15) is 13.2 Å². The summed E-state index contributed by atoms with van der Waals surface area (Å²) in [7, 11) is 1.48. The molecule has 0 spiro atoms. The van der Waals surface area contributed by atoms with Crippen LogP contribution in [0.4, 0.5) is 23.7 Å². The molecule has 1 aromatic carbocycles. The van der Waals surface area contributed by atoms with Crippen LogP contribution in [0.15, 0.2) is 36.5 Å². The predicted molar refractivity (Wildman–Crippen MR) is 92.3 cm³/mol. The van der Waals surface area contributed by atoms with Gasteiger partial charge < -0.3 is 19.7 Å². The van der Waals surface area contributed by atoms with E-state index >= 15 is 0 Å². The lowest BCUT2D eigenvalue weighted by molar-refractivity contribution is -0.137. The van der Waals surface area contributed by atoms with Crippen LogP contribution in [0.25, 0.3) is 0 Å². The fourth-order valence-corrected chi connectivity index (χ4v) is 2.61. The van der Waals surface area contributed by atoms with E-state index in [0.29, 0.717) is 22.7 Å². The van der Waals surface area contributed by atoms with Gasteiger partial charge in [-0.05, 0) is 24.3 Å². The molecule has 0 bridgehead atoms. The van der Waals surface area contributed by atoms with Crippen LogP contribution in [0.5, 0.6) is 11.6 Å². The molecule has 0 saturated carbocycles. The number of ether oxygens (including phenoxy) is 2. The third-order valence-electron chi connectivity index (χ3n) is 3.89. The van der Waals surface area contributed by atoms with Crippen LogP contribution in [-0.4, -0.2) is 42.2 Å². The smallest absolute Gasteiger partial charge is 0.417 e. The highest BCUT2D eigenvalue weighted by Crippen LogP contribution is 2.30. The first-order chi connectivity index (χ1) is 12.8. The van der Waals surface area contributed by atoms with Gasteiger partial charge in [-0.25, -0.2) is 9.78 Å². The lowest BCUT2D eigenvalue weighted by Crippen LogP contribution is -2.57. The van der Waals surface area contributed by atoms with Crippen LogP contribution in [-0.2, 0) is 6.18 Å². The van der Waals surface area contributed by atoms with E-state index in [2.05, 4.69) is 10.3 Å². The fraction of sp³-hybridized carbons (Fsp3) is 0.294. The van der Waals surface area contributed by atoms with Crippen LogP contribution in [0, 0.1) is 0 Å². The molecule has 2 amide bonds. The Bertz CT molecular complexity index is 824. The molecule has 0 aliphatic carbocycles. The van der Waals surface area contributed by atoms with Gasteiger partial charge in [0, 0.05) is 17.3 Å². The molecule has 27 heavy (non-hydrogen) atoms. The van der Waals surface area contributed by atoms with E-state index < -0.39 is 11.7 Å². The molecule has 1 aromatic heterocycles. The first-order valence-electron chi connectivity index (χ1n) is 7.85. The Morgan fingerprint density at radius 3 is 2.63 bits per heavy atom. The van der Waals surface area contributed by atoms with Crippen molar-refractivity contribution in [1.82, 2.24) is 9.88 Å². The van der Waals surface area contributed by atoms with Crippen LogP contribution < -0.4 is 14.8 Å². The van der Waals surface area contributed by atoms with Gasteiger partial charge in [-0.1, -0.05) is 11.6 Å². The number of rotatable bonds is 4. The number of alkyl halides is 3. The molecule has 0 radical (unpaired) electrons. The number of hydrogen-bond donors (Lipinski definition) is 1. The largest absolute Gasteiger partial charge is 0.495 e. The minimum atomic E-state index is -4.45. The second kappa shape index (κ2) is 7.51. The number of carbonyl (C=O) groups is 1. The van der Waals surface area contributed by atoms with Gasteiger partial charge in [0.15, 0.2) is 0 Å². The number of benzene rings is 1. The molecule has 144 valence electrons. The molecule has 6 nitrogen and oxygen atoms in total. The number of nitrogens with one attached hydrogen (secondary N) is 1. The SMILES string of the molecule is COc1ccc(Cl)cc1NC(=O)N1CC(Oc2ccc(C(F)(F)F)cn2)C1. The van der Waals surface area contributed by atoms with Gasteiger partial charge in [-0.15, -0.1) is 0 Å². The lowest BCUT2D eigenvalue weighted by atomic mass is 10.2. The summed E-state index contributed by atoms with van der Waals surface area (Å²) < 4.78 is 48.2. The molecule has 3 rings (SSSR count). The summed E-state index contributed by atoms with van der Waals surface area (Å²) in [5.41, 5.74) is -0.413. The van der Waals surface area contributed by atoms with Gasteiger partial charge in [0.2, 0.25) is 5.88 Å². The Morgan fingerprint density at radius 1 is 1.30 bits per heavy atom. The number of hydrogen-bond acceptors (Lipinski definition) is 4. The van der Waals surface area contributed by atoms with Crippen molar-refractivity contribution in [2.75, 3.05) is 25.5 Å². The Balaban J connectivity index is 1.52. The predicted octanol–water partition coefficient (Wildman–Crippen LogP) is 4.06. The number of carbonyl (C=O) groups excluding carboxylic acids is 1. The summed E-state index contributed by atoms with van der Waals surface area (Å²) in [5.74, 6) is 0.541. The summed E-state index contributed by atoms with van der Waals surface area (Å²) in [6, 6.07) is 6.53. The standard InChI is InChI=1S/C17H15ClF3N3O3/c1-26-14-4-3-11(18)6-13(14)23-16(25)24-8-12(9-24)27-15-5-2-10(7-22-15)17(19,20)21/h2-7,12H,8-9H2,1H3,(H,23,25). The van der Waals surface area contributed by atoms with Crippen molar-refractivity contribution in [3.05, 3.63) is 47.1 Å². The molecule has 1 saturated heterocycles. The van der Waals surface area contributed by atoms with E-state index in [1.54, 1.807) is 18.2 Å². The normalized spacial score (nSPS) is 14.5. The average molecular weight is 402 g/mol. The Kier molecular flexibility index (Phi) is 5.31. The third kappa shape index (κ3) is 4.54. The monoisotopic (exact) mass is 401 g/mol. The second-order valence-electron chi connectivity index (χ2n) is 5.80. The van der Waals surface area contributed by atoms with Crippen molar-refractivity contribution in [3.63, 3.8) is 0 Å². The number of amides is 2. The van der Waals surface area contributed by atoms with E-state index in [4.69, 9.17) is 21.1 Å². The molecule has 2 aromatic rings. The molecule has 0 unspecified atom stereocenters. The molecule has 2 heterocycles. The summed E-state index contributed by atoms with van der Waals surface area (Å²) in [6.45, 7) is 0.550. The highest BCUT2D eigenvalue weighted by molar-refractivity contribution is 6.31. The highest BCUT2D eigenvalue weighted by atomic mass is 35.5. The summed E-state index contributed by atoms with van der Waals surface area (Å²) in [4.78, 5) is 17.4. The maximum Gasteiger partial charge on any atom is 0.417 e. The number of nitrogens with zero attached hydrogens (tertiary/aromatic N) is 2. The quantitative estimate of drug-likeness (QED) is 0.839. The fourth-order valence-electron chi connectivity index (χ4n) is 2.44. The van der Waals surface area contributed by atoms with Crippen molar-refractivity contribution in [3.8, 4) is 11.6 Å². The number of urea groups is 1.